The summed E-state index contributed by atoms with van der Waals surface area (Å²) < 4.78 is 5.36. The zero-order chi connectivity index (χ0) is 21.3. The number of hydrogen-bond acceptors (Lipinski definition) is 7. The minimum atomic E-state index is -0.593. The number of ether oxygens (including phenoxy) is 1. The Morgan fingerprint density at radius 2 is 2.10 bits per heavy atom. The van der Waals surface area contributed by atoms with E-state index in [1.54, 1.807) is 36.3 Å². The summed E-state index contributed by atoms with van der Waals surface area (Å²) in [4.78, 5) is 37.2. The highest BCUT2D eigenvalue weighted by Crippen LogP contribution is 2.37. The van der Waals surface area contributed by atoms with Crippen molar-refractivity contribution in [3.8, 4) is 5.75 Å². The fourth-order valence-corrected chi connectivity index (χ4v) is 3.59. The Morgan fingerprint density at radius 1 is 1.38 bits per heavy atom. The maximum atomic E-state index is 12.8. The highest BCUT2D eigenvalue weighted by atomic mass is 16.5. The van der Waals surface area contributed by atoms with Crippen LogP contribution in [0.1, 0.15) is 37.6 Å². The molecule has 2 amide bonds. The van der Waals surface area contributed by atoms with Crippen LogP contribution in [0.25, 0.3) is 0 Å². The fraction of sp³-hybridized carbons (Fsp3) is 0.400. The molecule has 2 aromatic rings. The van der Waals surface area contributed by atoms with Crippen molar-refractivity contribution in [1.82, 2.24) is 9.97 Å². The molecular formula is C20H26N6O3. The van der Waals surface area contributed by atoms with Crippen LogP contribution in [0.15, 0.2) is 24.4 Å². The van der Waals surface area contributed by atoms with E-state index in [1.807, 2.05) is 25.7 Å². The molecule has 0 aliphatic carbocycles. The number of nitrogens with two attached hydrogens (primary N) is 1. The summed E-state index contributed by atoms with van der Waals surface area (Å²) in [5.74, 6) is 0.798. The van der Waals surface area contributed by atoms with Gasteiger partial charge in [-0.3, -0.25) is 9.59 Å². The number of carbonyl (C=O) groups excluding carboxylic acids is 2. The van der Waals surface area contributed by atoms with Crippen LogP contribution < -0.4 is 25.6 Å². The number of amides is 2. The molecule has 0 saturated heterocycles. The van der Waals surface area contributed by atoms with Gasteiger partial charge in [0.15, 0.2) is 5.82 Å². The van der Waals surface area contributed by atoms with Crippen molar-refractivity contribution in [3.05, 3.63) is 30.0 Å². The Hall–Kier alpha value is -3.36. The average Bonchev–Trinajstić information content (AvgIpc) is 2.70. The van der Waals surface area contributed by atoms with Gasteiger partial charge in [-0.2, -0.15) is 4.98 Å². The number of fused-ring (bicyclic) bond motifs is 1. The fourth-order valence-electron chi connectivity index (χ4n) is 3.59. The number of nitrogens with zero attached hydrogens (tertiary/aromatic N) is 4. The predicted molar refractivity (Wildman–Crippen MR) is 112 cm³/mol. The molecular weight excluding hydrogens is 372 g/mol. The Morgan fingerprint density at radius 3 is 2.69 bits per heavy atom. The Balaban J connectivity index is 2.09. The molecule has 1 aliphatic heterocycles. The molecule has 0 fully saturated rings. The lowest BCUT2D eigenvalue weighted by atomic mass is 10.1. The minimum Gasteiger partial charge on any atom is -0.495 e. The zero-order valence-electron chi connectivity index (χ0n) is 17.3. The van der Waals surface area contributed by atoms with Gasteiger partial charge in [-0.15, -0.1) is 0 Å². The lowest BCUT2D eigenvalue weighted by molar-refractivity contribution is -0.120. The van der Waals surface area contributed by atoms with E-state index in [4.69, 9.17) is 10.5 Å². The first-order valence-corrected chi connectivity index (χ1v) is 9.46. The third kappa shape index (κ3) is 3.55. The first-order valence-electron chi connectivity index (χ1n) is 9.46. The maximum absolute atomic E-state index is 12.8. The quantitative estimate of drug-likeness (QED) is 0.767. The van der Waals surface area contributed by atoms with Gasteiger partial charge in [-0.05, 0) is 32.4 Å². The van der Waals surface area contributed by atoms with Gasteiger partial charge in [-0.25, -0.2) is 4.98 Å². The molecule has 3 rings (SSSR count). The Bertz CT molecular complexity index is 946. The number of aromatic nitrogens is 2. The number of nitrogens with one attached hydrogen (secondary N) is 1. The number of hydrogen-bond donors (Lipinski definition) is 2. The SMILES string of the molecule is CC[C@@H]1C(=O)N(C)c2cnc(Nc3c(OC)cccc3C(N)=O)nc2N1C(C)C. The zero-order valence-corrected chi connectivity index (χ0v) is 17.3. The van der Waals surface area contributed by atoms with Crippen LogP contribution >= 0.6 is 0 Å². The second-order valence-electron chi connectivity index (χ2n) is 7.10. The Labute approximate surface area is 169 Å². The molecule has 9 nitrogen and oxygen atoms in total. The molecule has 0 bridgehead atoms. The molecule has 0 radical (unpaired) electrons. The van der Waals surface area contributed by atoms with Crippen molar-refractivity contribution in [1.29, 1.82) is 0 Å². The number of likely N-dealkylation sites (N-methyl/N-ethyl adjacent to an activating group) is 1. The molecule has 1 aromatic carbocycles. The number of carbonyl (C=O) groups is 2. The number of para-hydroxylation sites is 1. The van der Waals surface area contributed by atoms with Crippen LogP contribution in [0.4, 0.5) is 23.1 Å². The van der Waals surface area contributed by atoms with E-state index >= 15 is 0 Å². The van der Waals surface area contributed by atoms with Crippen molar-refractivity contribution >= 4 is 35.0 Å². The lowest BCUT2D eigenvalue weighted by Crippen LogP contribution is -2.54. The van der Waals surface area contributed by atoms with Crippen molar-refractivity contribution in [2.24, 2.45) is 5.73 Å². The summed E-state index contributed by atoms with van der Waals surface area (Å²) in [5.41, 5.74) is 6.80. The summed E-state index contributed by atoms with van der Waals surface area (Å²) in [6, 6.07) is 4.76. The van der Waals surface area contributed by atoms with E-state index in [-0.39, 0.29) is 29.5 Å². The highest BCUT2D eigenvalue weighted by Gasteiger charge is 2.38. The molecule has 0 spiro atoms. The summed E-state index contributed by atoms with van der Waals surface area (Å²) in [5, 5.41) is 3.06. The smallest absolute Gasteiger partial charge is 0.250 e. The third-order valence-electron chi connectivity index (χ3n) is 5.00. The molecule has 154 valence electrons. The maximum Gasteiger partial charge on any atom is 0.250 e. The van der Waals surface area contributed by atoms with Crippen LogP contribution in [0.2, 0.25) is 0 Å². The Kier molecular flexibility index (Phi) is 5.58. The number of anilines is 4. The van der Waals surface area contributed by atoms with E-state index in [9.17, 15) is 9.59 Å². The summed E-state index contributed by atoms with van der Waals surface area (Å²) in [6.45, 7) is 6.02. The summed E-state index contributed by atoms with van der Waals surface area (Å²) in [7, 11) is 3.23. The van der Waals surface area contributed by atoms with Gasteiger partial charge in [0.05, 0.1) is 24.6 Å². The van der Waals surface area contributed by atoms with Gasteiger partial charge in [0.1, 0.15) is 17.5 Å². The monoisotopic (exact) mass is 398 g/mol. The molecule has 29 heavy (non-hydrogen) atoms. The van der Waals surface area contributed by atoms with Crippen molar-refractivity contribution in [2.75, 3.05) is 29.3 Å². The number of benzene rings is 1. The van der Waals surface area contributed by atoms with Gasteiger partial charge in [0.25, 0.3) is 5.91 Å². The van der Waals surface area contributed by atoms with Gasteiger partial charge in [0.2, 0.25) is 11.9 Å². The van der Waals surface area contributed by atoms with E-state index in [1.165, 1.54) is 7.11 Å². The third-order valence-corrected chi connectivity index (χ3v) is 5.00. The first kappa shape index (κ1) is 20.4. The second kappa shape index (κ2) is 7.94. The molecule has 2 heterocycles. The van der Waals surface area contributed by atoms with Crippen LogP contribution in [-0.4, -0.2) is 48.0 Å². The molecule has 0 unspecified atom stereocenters. The van der Waals surface area contributed by atoms with Crippen molar-refractivity contribution < 1.29 is 14.3 Å². The van der Waals surface area contributed by atoms with Crippen molar-refractivity contribution in [3.63, 3.8) is 0 Å². The van der Waals surface area contributed by atoms with E-state index in [0.29, 0.717) is 29.4 Å². The second-order valence-corrected chi connectivity index (χ2v) is 7.10. The van der Waals surface area contributed by atoms with Crippen LogP contribution in [0.5, 0.6) is 5.75 Å². The highest BCUT2D eigenvalue weighted by molar-refractivity contribution is 6.04. The molecule has 3 N–H and O–H groups in total. The normalized spacial score (nSPS) is 16.1. The molecule has 1 aliphatic rings. The minimum absolute atomic E-state index is 0.0127. The van der Waals surface area contributed by atoms with Crippen LogP contribution in [0, 0.1) is 0 Å². The standard InChI is InChI=1S/C20H26N6O3/c1-6-13-19(28)25(4)14-10-22-20(24-18(14)26(13)11(2)3)23-16-12(17(21)27)8-7-9-15(16)29-5/h7-11,13H,6H2,1-5H3,(H2,21,27)(H,22,23,24)/t13-/m1/s1. The van der Waals surface area contributed by atoms with Crippen LogP contribution in [-0.2, 0) is 4.79 Å². The predicted octanol–water partition coefficient (Wildman–Crippen LogP) is 2.30. The molecule has 1 aromatic heterocycles. The largest absolute Gasteiger partial charge is 0.495 e. The topological polar surface area (TPSA) is 114 Å². The van der Waals surface area contributed by atoms with Gasteiger partial charge in [-0.1, -0.05) is 13.0 Å². The van der Waals surface area contributed by atoms with Crippen molar-refractivity contribution in [2.45, 2.75) is 39.3 Å². The van der Waals surface area contributed by atoms with E-state index in [0.717, 1.165) is 0 Å². The van der Waals surface area contributed by atoms with Crippen LogP contribution in [0.3, 0.4) is 0 Å². The number of rotatable bonds is 6. The van der Waals surface area contributed by atoms with Gasteiger partial charge < -0.3 is 25.6 Å². The van der Waals surface area contributed by atoms with Gasteiger partial charge in [0, 0.05) is 13.1 Å². The first-order chi connectivity index (χ1) is 13.8. The molecule has 9 heteroatoms. The number of primary amides is 1. The average molecular weight is 398 g/mol. The van der Waals surface area contributed by atoms with Gasteiger partial charge >= 0.3 is 0 Å². The lowest BCUT2D eigenvalue weighted by Gasteiger charge is -2.42. The summed E-state index contributed by atoms with van der Waals surface area (Å²) in [6.07, 6.45) is 2.26. The van der Waals surface area contributed by atoms with E-state index < -0.39 is 5.91 Å². The number of methoxy groups -OCH3 is 1. The summed E-state index contributed by atoms with van der Waals surface area (Å²) >= 11 is 0. The van der Waals surface area contributed by atoms with E-state index in [2.05, 4.69) is 15.3 Å². The molecule has 0 saturated carbocycles. The molecule has 1 atom stereocenters.